The first-order chi connectivity index (χ1) is 9.22. The SMILES string of the molecule is CCC[C@]1(O)CCC[C@@H](COCc2ccccc2)C1. The van der Waals surface area contributed by atoms with Gasteiger partial charge in [-0.05, 0) is 37.2 Å². The van der Waals surface area contributed by atoms with E-state index in [1.54, 1.807) is 0 Å². The minimum atomic E-state index is -0.423. The molecule has 0 heterocycles. The lowest BCUT2D eigenvalue weighted by Crippen LogP contribution is -2.36. The molecule has 0 radical (unpaired) electrons. The summed E-state index contributed by atoms with van der Waals surface area (Å²) in [4.78, 5) is 0. The van der Waals surface area contributed by atoms with Gasteiger partial charge in [0.2, 0.25) is 0 Å². The summed E-state index contributed by atoms with van der Waals surface area (Å²) in [7, 11) is 0. The van der Waals surface area contributed by atoms with Crippen molar-refractivity contribution < 1.29 is 9.84 Å². The highest BCUT2D eigenvalue weighted by Crippen LogP contribution is 2.35. The molecule has 1 saturated carbocycles. The zero-order valence-electron chi connectivity index (χ0n) is 12.0. The highest BCUT2D eigenvalue weighted by Gasteiger charge is 2.33. The van der Waals surface area contributed by atoms with Crippen LogP contribution in [0.5, 0.6) is 0 Å². The second-order valence-electron chi connectivity index (χ2n) is 5.94. The Morgan fingerprint density at radius 2 is 2.11 bits per heavy atom. The van der Waals surface area contributed by atoms with Gasteiger partial charge in [0.05, 0.1) is 12.2 Å². The van der Waals surface area contributed by atoms with E-state index >= 15 is 0 Å². The first-order valence-corrected chi connectivity index (χ1v) is 7.56. The second kappa shape index (κ2) is 7.06. The third-order valence-corrected chi connectivity index (χ3v) is 4.10. The molecule has 1 N–H and O–H groups in total. The quantitative estimate of drug-likeness (QED) is 0.842. The fourth-order valence-corrected chi connectivity index (χ4v) is 3.21. The van der Waals surface area contributed by atoms with Crippen LogP contribution < -0.4 is 0 Å². The summed E-state index contributed by atoms with van der Waals surface area (Å²) in [6.45, 7) is 3.61. The first-order valence-electron chi connectivity index (χ1n) is 7.56. The zero-order valence-corrected chi connectivity index (χ0v) is 12.0. The monoisotopic (exact) mass is 262 g/mol. The molecule has 0 unspecified atom stereocenters. The number of hydrogen-bond donors (Lipinski definition) is 1. The molecular weight excluding hydrogens is 236 g/mol. The first kappa shape index (κ1) is 14.5. The molecule has 2 atom stereocenters. The Labute approximate surface area is 116 Å². The normalized spacial score (nSPS) is 27.4. The van der Waals surface area contributed by atoms with Gasteiger partial charge in [-0.1, -0.05) is 50.1 Å². The van der Waals surface area contributed by atoms with Crippen molar-refractivity contribution in [3.63, 3.8) is 0 Å². The van der Waals surface area contributed by atoms with Gasteiger partial charge in [-0.25, -0.2) is 0 Å². The van der Waals surface area contributed by atoms with Crippen LogP contribution in [0.25, 0.3) is 0 Å². The van der Waals surface area contributed by atoms with Gasteiger partial charge in [-0.2, -0.15) is 0 Å². The Morgan fingerprint density at radius 1 is 1.32 bits per heavy atom. The third kappa shape index (κ3) is 4.63. The molecule has 0 amide bonds. The molecular formula is C17H26O2. The molecule has 1 aliphatic carbocycles. The maximum Gasteiger partial charge on any atom is 0.0717 e. The van der Waals surface area contributed by atoms with Crippen LogP contribution >= 0.6 is 0 Å². The van der Waals surface area contributed by atoms with Gasteiger partial charge in [-0.15, -0.1) is 0 Å². The van der Waals surface area contributed by atoms with Gasteiger partial charge in [-0.3, -0.25) is 0 Å². The summed E-state index contributed by atoms with van der Waals surface area (Å²) < 4.78 is 5.82. The van der Waals surface area contributed by atoms with Crippen LogP contribution in [0.3, 0.4) is 0 Å². The minimum Gasteiger partial charge on any atom is -0.390 e. The second-order valence-corrected chi connectivity index (χ2v) is 5.94. The molecule has 2 nitrogen and oxygen atoms in total. The molecule has 1 fully saturated rings. The fourth-order valence-electron chi connectivity index (χ4n) is 3.21. The zero-order chi connectivity index (χ0) is 13.6. The molecule has 19 heavy (non-hydrogen) atoms. The molecule has 106 valence electrons. The molecule has 0 aliphatic heterocycles. The number of benzene rings is 1. The molecule has 0 aromatic heterocycles. The van der Waals surface area contributed by atoms with Crippen molar-refractivity contribution in [1.29, 1.82) is 0 Å². The molecule has 1 aromatic carbocycles. The largest absolute Gasteiger partial charge is 0.390 e. The van der Waals surface area contributed by atoms with E-state index in [-0.39, 0.29) is 0 Å². The highest BCUT2D eigenvalue weighted by atomic mass is 16.5. The summed E-state index contributed by atoms with van der Waals surface area (Å²) in [5.41, 5.74) is 0.801. The van der Waals surface area contributed by atoms with Crippen LogP contribution in [-0.2, 0) is 11.3 Å². The third-order valence-electron chi connectivity index (χ3n) is 4.10. The maximum absolute atomic E-state index is 10.5. The van der Waals surface area contributed by atoms with Crippen LogP contribution in [0.2, 0.25) is 0 Å². The van der Waals surface area contributed by atoms with E-state index in [0.29, 0.717) is 12.5 Å². The van der Waals surface area contributed by atoms with Crippen LogP contribution in [0.4, 0.5) is 0 Å². The lowest BCUT2D eigenvalue weighted by atomic mass is 9.76. The van der Waals surface area contributed by atoms with Crippen molar-refractivity contribution in [3.05, 3.63) is 35.9 Å². The summed E-state index contributed by atoms with van der Waals surface area (Å²) in [5, 5.41) is 10.5. The lowest BCUT2D eigenvalue weighted by molar-refractivity contribution is -0.0433. The average Bonchev–Trinajstić information content (AvgIpc) is 2.40. The van der Waals surface area contributed by atoms with E-state index in [9.17, 15) is 5.11 Å². The number of hydrogen-bond acceptors (Lipinski definition) is 2. The smallest absolute Gasteiger partial charge is 0.0717 e. The van der Waals surface area contributed by atoms with Gasteiger partial charge >= 0.3 is 0 Å². The minimum absolute atomic E-state index is 0.423. The molecule has 0 spiro atoms. The predicted octanol–water partition coefficient (Wildman–Crippen LogP) is 3.92. The topological polar surface area (TPSA) is 29.5 Å². The van der Waals surface area contributed by atoms with Crippen LogP contribution in [0.15, 0.2) is 30.3 Å². The Kier molecular flexibility index (Phi) is 5.41. The Bertz CT molecular complexity index is 359. The number of ether oxygens (including phenoxy) is 1. The van der Waals surface area contributed by atoms with Gasteiger partial charge in [0.1, 0.15) is 0 Å². The van der Waals surface area contributed by atoms with Gasteiger partial charge in [0, 0.05) is 6.61 Å². The van der Waals surface area contributed by atoms with E-state index < -0.39 is 5.60 Å². The Hall–Kier alpha value is -0.860. The molecule has 2 rings (SSSR count). The number of aliphatic hydroxyl groups is 1. The standard InChI is InChI=1S/C17H26O2/c1-2-10-17(18)11-6-9-16(12-17)14-19-13-15-7-4-3-5-8-15/h3-5,7-8,16,18H,2,6,9-14H2,1H3/t16-,17+/m1/s1. The molecule has 0 bridgehead atoms. The van der Waals surface area contributed by atoms with Gasteiger partial charge < -0.3 is 9.84 Å². The Morgan fingerprint density at radius 3 is 2.84 bits per heavy atom. The maximum atomic E-state index is 10.5. The van der Waals surface area contributed by atoms with E-state index in [2.05, 4.69) is 19.1 Å². The lowest BCUT2D eigenvalue weighted by Gasteiger charge is -2.36. The van der Waals surface area contributed by atoms with E-state index in [1.807, 2.05) is 18.2 Å². The average molecular weight is 262 g/mol. The van der Waals surface area contributed by atoms with Crippen molar-refractivity contribution in [2.75, 3.05) is 6.61 Å². The predicted molar refractivity (Wildman–Crippen MR) is 77.9 cm³/mol. The molecule has 1 aliphatic rings. The van der Waals surface area contributed by atoms with Crippen LogP contribution in [0, 0.1) is 5.92 Å². The van der Waals surface area contributed by atoms with Gasteiger partial charge in [0.25, 0.3) is 0 Å². The van der Waals surface area contributed by atoms with Crippen molar-refractivity contribution in [1.82, 2.24) is 0 Å². The molecule has 0 saturated heterocycles. The van der Waals surface area contributed by atoms with Crippen LogP contribution in [-0.4, -0.2) is 17.3 Å². The van der Waals surface area contributed by atoms with Crippen LogP contribution in [0.1, 0.15) is 51.0 Å². The van der Waals surface area contributed by atoms with Gasteiger partial charge in [0.15, 0.2) is 0 Å². The van der Waals surface area contributed by atoms with E-state index in [0.717, 1.165) is 38.7 Å². The Balaban J connectivity index is 1.74. The summed E-state index contributed by atoms with van der Waals surface area (Å²) >= 11 is 0. The molecule has 1 aromatic rings. The van der Waals surface area contributed by atoms with E-state index in [1.165, 1.54) is 12.0 Å². The highest BCUT2D eigenvalue weighted by molar-refractivity contribution is 5.13. The summed E-state index contributed by atoms with van der Waals surface area (Å²) in [5.74, 6) is 0.522. The summed E-state index contributed by atoms with van der Waals surface area (Å²) in [6, 6.07) is 10.3. The van der Waals surface area contributed by atoms with Crippen molar-refractivity contribution in [2.24, 2.45) is 5.92 Å². The van der Waals surface area contributed by atoms with Crippen molar-refractivity contribution in [3.8, 4) is 0 Å². The number of rotatable bonds is 6. The van der Waals surface area contributed by atoms with E-state index in [4.69, 9.17) is 4.74 Å². The fraction of sp³-hybridized carbons (Fsp3) is 0.647. The van der Waals surface area contributed by atoms with Crippen molar-refractivity contribution >= 4 is 0 Å². The molecule has 2 heteroatoms. The van der Waals surface area contributed by atoms with Crippen molar-refractivity contribution in [2.45, 2.75) is 57.7 Å². The summed E-state index contributed by atoms with van der Waals surface area (Å²) in [6.07, 6.45) is 6.21.